The molecule has 0 saturated carbocycles. The summed E-state index contributed by atoms with van der Waals surface area (Å²) in [4.78, 5) is 38.7. The Morgan fingerprint density at radius 2 is 1.69 bits per heavy atom. The summed E-state index contributed by atoms with van der Waals surface area (Å²) in [6.07, 6.45) is 6.88. The molecule has 1 fully saturated rings. The van der Waals surface area contributed by atoms with E-state index in [1.807, 2.05) is 77.1 Å². The van der Waals surface area contributed by atoms with Crippen molar-refractivity contribution in [1.82, 2.24) is 14.5 Å². The number of allylic oxidation sites excluding steroid dienone is 2. The number of rotatable bonds is 4. The molecule has 1 amide bonds. The molecular formula is C26H31BClN3O5. The third kappa shape index (κ3) is 4.09. The van der Waals surface area contributed by atoms with Crippen LogP contribution in [-0.4, -0.2) is 38.8 Å². The Hall–Kier alpha value is -2.88. The van der Waals surface area contributed by atoms with E-state index in [0.29, 0.717) is 5.02 Å². The molecule has 4 rings (SSSR count). The van der Waals surface area contributed by atoms with Crippen LogP contribution >= 0.6 is 11.6 Å². The van der Waals surface area contributed by atoms with Gasteiger partial charge in [0.05, 0.1) is 11.2 Å². The van der Waals surface area contributed by atoms with Crippen molar-refractivity contribution in [2.24, 2.45) is 20.0 Å². The summed E-state index contributed by atoms with van der Waals surface area (Å²) < 4.78 is 15.0. The first-order valence-corrected chi connectivity index (χ1v) is 12.2. The van der Waals surface area contributed by atoms with Gasteiger partial charge in [-0.1, -0.05) is 55.0 Å². The van der Waals surface area contributed by atoms with Crippen LogP contribution in [-0.2, 0) is 23.4 Å². The normalized spacial score (nSPS) is 24.5. The van der Waals surface area contributed by atoms with E-state index in [-0.39, 0.29) is 11.5 Å². The van der Waals surface area contributed by atoms with Gasteiger partial charge in [-0.15, -0.1) is 0 Å². The molecule has 8 nitrogen and oxygen atoms in total. The Bertz CT molecular complexity index is 1390. The van der Waals surface area contributed by atoms with Crippen LogP contribution in [0.3, 0.4) is 0 Å². The number of aromatic nitrogens is 2. The van der Waals surface area contributed by atoms with Crippen LogP contribution in [0.15, 0.2) is 58.3 Å². The molecule has 0 spiro atoms. The Morgan fingerprint density at radius 1 is 1.08 bits per heavy atom. The number of amides is 1. The minimum absolute atomic E-state index is 0.162. The van der Waals surface area contributed by atoms with Crippen molar-refractivity contribution in [3.63, 3.8) is 0 Å². The van der Waals surface area contributed by atoms with E-state index < -0.39 is 40.9 Å². The molecule has 2 aliphatic rings. The molecule has 36 heavy (non-hydrogen) atoms. The van der Waals surface area contributed by atoms with Gasteiger partial charge in [0.2, 0.25) is 0 Å². The highest BCUT2D eigenvalue weighted by molar-refractivity contribution is 6.52. The van der Waals surface area contributed by atoms with Crippen LogP contribution in [0.2, 0.25) is 5.02 Å². The van der Waals surface area contributed by atoms with E-state index in [4.69, 9.17) is 20.9 Å². The lowest BCUT2D eigenvalue weighted by Crippen LogP contribution is -2.64. The van der Waals surface area contributed by atoms with E-state index in [1.54, 1.807) is 0 Å². The minimum Gasteiger partial charge on any atom is -0.401 e. The number of benzene rings is 1. The number of hydrogen-bond acceptors (Lipinski definition) is 5. The summed E-state index contributed by atoms with van der Waals surface area (Å²) in [6, 6.07) is 7.49. The fourth-order valence-electron chi connectivity index (χ4n) is 4.63. The topological polar surface area (TPSA) is 91.6 Å². The van der Waals surface area contributed by atoms with Gasteiger partial charge in [0.15, 0.2) is 0 Å². The highest BCUT2D eigenvalue weighted by Gasteiger charge is 2.62. The zero-order valence-electron chi connectivity index (χ0n) is 21.6. The van der Waals surface area contributed by atoms with Gasteiger partial charge in [0.25, 0.3) is 11.5 Å². The lowest BCUT2D eigenvalue weighted by molar-refractivity contribution is 0.00578. The number of carbonyl (C=O) groups is 1. The second-order valence-corrected chi connectivity index (χ2v) is 10.9. The standard InChI is InChI=1S/C26H31BClN3O5/c1-16-17(18-11-8-9-13-20(18)28)12-10-14-26(16,27-35-24(2,3)25(4,5)36-27)29-21(32)19-15-30(6)23(34)31(7)22(19)33/h8-16H,1-7H3,(H,29,32). The molecule has 1 aromatic carbocycles. The third-order valence-electron chi connectivity index (χ3n) is 7.68. The molecule has 1 N–H and O–H groups in total. The zero-order chi connectivity index (χ0) is 26.6. The Kier molecular flexibility index (Phi) is 6.48. The van der Waals surface area contributed by atoms with Crippen molar-refractivity contribution in [2.45, 2.75) is 51.3 Å². The Morgan fingerprint density at radius 3 is 2.31 bits per heavy atom. The van der Waals surface area contributed by atoms with Crippen LogP contribution in [0.1, 0.15) is 50.5 Å². The van der Waals surface area contributed by atoms with Crippen LogP contribution in [0.4, 0.5) is 0 Å². The van der Waals surface area contributed by atoms with Gasteiger partial charge in [-0.3, -0.25) is 14.2 Å². The smallest absolute Gasteiger partial charge is 0.401 e. The third-order valence-corrected chi connectivity index (χ3v) is 8.01. The van der Waals surface area contributed by atoms with Crippen molar-refractivity contribution in [3.05, 3.63) is 85.7 Å². The summed E-state index contributed by atoms with van der Waals surface area (Å²) in [5.74, 6) is -1.00. The van der Waals surface area contributed by atoms with Gasteiger partial charge >= 0.3 is 12.8 Å². The number of hydrogen-bond donors (Lipinski definition) is 1. The fourth-order valence-corrected chi connectivity index (χ4v) is 4.88. The lowest BCUT2D eigenvalue weighted by Gasteiger charge is -2.41. The number of halogens is 1. The minimum atomic E-state index is -1.19. The molecule has 1 aliphatic heterocycles. The van der Waals surface area contributed by atoms with Gasteiger partial charge in [-0.25, -0.2) is 4.79 Å². The van der Waals surface area contributed by atoms with Gasteiger partial charge in [-0.2, -0.15) is 0 Å². The second kappa shape index (κ2) is 8.90. The summed E-state index contributed by atoms with van der Waals surface area (Å²) in [5.41, 5.74) is -2.18. The highest BCUT2D eigenvalue weighted by atomic mass is 35.5. The van der Waals surface area contributed by atoms with Gasteiger partial charge in [0.1, 0.15) is 11.0 Å². The van der Waals surface area contributed by atoms with Crippen molar-refractivity contribution < 1.29 is 14.1 Å². The average molecular weight is 512 g/mol. The van der Waals surface area contributed by atoms with Crippen molar-refractivity contribution in [2.75, 3.05) is 0 Å². The molecule has 1 aliphatic carbocycles. The molecule has 1 saturated heterocycles. The highest BCUT2D eigenvalue weighted by Crippen LogP contribution is 2.46. The SMILES string of the molecule is CC1C(c2ccccc2Cl)=CC=CC1(NC(=O)c1cn(C)c(=O)n(C)c1=O)B1OC(C)(C)C(C)(C)O1. The molecule has 0 radical (unpaired) electrons. The first-order chi connectivity index (χ1) is 16.7. The fraction of sp³-hybridized carbons (Fsp3) is 0.423. The monoisotopic (exact) mass is 511 g/mol. The van der Waals surface area contributed by atoms with Crippen molar-refractivity contribution >= 4 is 30.2 Å². The first kappa shape index (κ1) is 26.2. The van der Waals surface area contributed by atoms with Crippen LogP contribution in [0.25, 0.3) is 5.57 Å². The van der Waals surface area contributed by atoms with Crippen molar-refractivity contribution in [1.29, 1.82) is 0 Å². The van der Waals surface area contributed by atoms with Gasteiger partial charge in [0, 0.05) is 31.2 Å². The molecule has 0 bridgehead atoms. The predicted octanol–water partition coefficient (Wildman–Crippen LogP) is 3.13. The molecule has 1 aromatic heterocycles. The maximum Gasteiger partial charge on any atom is 0.490 e. The van der Waals surface area contributed by atoms with E-state index in [0.717, 1.165) is 15.7 Å². The first-order valence-electron chi connectivity index (χ1n) is 11.8. The quantitative estimate of drug-likeness (QED) is 0.637. The summed E-state index contributed by atoms with van der Waals surface area (Å²) in [5, 5.41) is 3.64. The van der Waals surface area contributed by atoms with E-state index in [2.05, 4.69) is 5.32 Å². The number of carbonyl (C=O) groups excluding carboxylic acids is 1. The van der Waals surface area contributed by atoms with E-state index in [9.17, 15) is 14.4 Å². The molecule has 2 atom stereocenters. The summed E-state index contributed by atoms with van der Waals surface area (Å²) in [6.45, 7) is 9.71. The molecule has 190 valence electrons. The van der Waals surface area contributed by atoms with Crippen LogP contribution in [0, 0.1) is 5.92 Å². The zero-order valence-corrected chi connectivity index (χ0v) is 22.3. The molecule has 2 heterocycles. The van der Waals surface area contributed by atoms with Crippen molar-refractivity contribution in [3.8, 4) is 0 Å². The van der Waals surface area contributed by atoms with Crippen LogP contribution in [0.5, 0.6) is 0 Å². The molecule has 2 aromatic rings. The number of nitrogens with one attached hydrogen (secondary N) is 1. The number of nitrogens with zero attached hydrogens (tertiary/aromatic N) is 2. The maximum absolute atomic E-state index is 13.7. The summed E-state index contributed by atoms with van der Waals surface area (Å²) >= 11 is 6.55. The maximum atomic E-state index is 13.7. The van der Waals surface area contributed by atoms with Gasteiger partial charge in [-0.05, 0) is 44.9 Å². The largest absolute Gasteiger partial charge is 0.490 e. The van der Waals surface area contributed by atoms with E-state index in [1.165, 1.54) is 24.9 Å². The molecular weight excluding hydrogens is 481 g/mol. The summed E-state index contributed by atoms with van der Waals surface area (Å²) in [7, 11) is 1.96. The lowest BCUT2D eigenvalue weighted by atomic mass is 9.54. The molecule has 10 heteroatoms. The van der Waals surface area contributed by atoms with Gasteiger partial charge < -0.3 is 19.2 Å². The average Bonchev–Trinajstić information content (AvgIpc) is 3.04. The number of aryl methyl sites for hydroxylation is 1. The Labute approximate surface area is 215 Å². The molecule has 2 unspecified atom stereocenters. The Balaban J connectivity index is 1.84. The predicted molar refractivity (Wildman–Crippen MR) is 141 cm³/mol. The van der Waals surface area contributed by atoms with Crippen LogP contribution < -0.4 is 16.6 Å². The second-order valence-electron chi connectivity index (χ2n) is 10.5. The van der Waals surface area contributed by atoms with E-state index >= 15 is 0 Å².